The van der Waals surface area contributed by atoms with Crippen LogP contribution < -0.4 is 0 Å². The van der Waals surface area contributed by atoms with E-state index in [9.17, 15) is 0 Å². The van der Waals surface area contributed by atoms with Gasteiger partial charge in [0.15, 0.2) is 0 Å². The van der Waals surface area contributed by atoms with Gasteiger partial charge in [0, 0.05) is 35.4 Å². The summed E-state index contributed by atoms with van der Waals surface area (Å²) >= 11 is 0. The summed E-state index contributed by atoms with van der Waals surface area (Å²) in [4.78, 5) is 8.99. The summed E-state index contributed by atoms with van der Waals surface area (Å²) in [5.41, 5.74) is 11.8. The van der Waals surface area contributed by atoms with Crippen LogP contribution in [0.25, 0.3) is 76.8 Å². The summed E-state index contributed by atoms with van der Waals surface area (Å²) in [6.45, 7) is 4.11. The Morgan fingerprint density at radius 1 is 0.386 bits per heavy atom. The SMILES string of the molecule is Cc1cncc(-c2ccc(-c3c4ccccc4c(-c4ccc(-c5ccc(C)nc5)c5ccccc45)c4ccccc34)cc2)c1. The molecule has 44 heavy (non-hydrogen) atoms. The number of benzene rings is 6. The molecule has 8 rings (SSSR count). The second-order valence-electron chi connectivity index (χ2n) is 11.6. The lowest BCUT2D eigenvalue weighted by atomic mass is 9.83. The lowest BCUT2D eigenvalue weighted by Gasteiger charge is -2.20. The molecular formula is C42H30N2. The van der Waals surface area contributed by atoms with Crippen molar-refractivity contribution in [3.63, 3.8) is 0 Å². The van der Waals surface area contributed by atoms with E-state index in [-0.39, 0.29) is 0 Å². The van der Waals surface area contributed by atoms with E-state index < -0.39 is 0 Å². The van der Waals surface area contributed by atoms with Crippen LogP contribution in [0.5, 0.6) is 0 Å². The van der Waals surface area contributed by atoms with Gasteiger partial charge in [0.1, 0.15) is 0 Å². The molecule has 8 aromatic rings. The van der Waals surface area contributed by atoms with Crippen LogP contribution in [0, 0.1) is 13.8 Å². The molecule has 0 saturated carbocycles. The van der Waals surface area contributed by atoms with Gasteiger partial charge < -0.3 is 0 Å². The number of nitrogens with zero attached hydrogens (tertiary/aromatic N) is 2. The molecule has 0 bridgehead atoms. The molecule has 0 saturated heterocycles. The van der Waals surface area contributed by atoms with E-state index >= 15 is 0 Å². The highest BCUT2D eigenvalue weighted by Gasteiger charge is 2.19. The maximum Gasteiger partial charge on any atom is 0.0373 e. The maximum atomic E-state index is 4.59. The average molecular weight is 563 g/mol. The van der Waals surface area contributed by atoms with E-state index in [0.29, 0.717) is 0 Å². The lowest BCUT2D eigenvalue weighted by molar-refractivity contribution is 1.20. The normalized spacial score (nSPS) is 11.4. The molecule has 2 nitrogen and oxygen atoms in total. The van der Waals surface area contributed by atoms with Gasteiger partial charge in [0.05, 0.1) is 0 Å². The van der Waals surface area contributed by atoms with Crippen molar-refractivity contribution in [2.45, 2.75) is 13.8 Å². The Balaban J connectivity index is 1.38. The Morgan fingerprint density at radius 2 is 0.909 bits per heavy atom. The largest absolute Gasteiger partial charge is 0.264 e. The van der Waals surface area contributed by atoms with Crippen LogP contribution in [-0.2, 0) is 0 Å². The molecule has 2 heteroatoms. The monoisotopic (exact) mass is 562 g/mol. The van der Waals surface area contributed by atoms with Gasteiger partial charge >= 0.3 is 0 Å². The highest BCUT2D eigenvalue weighted by atomic mass is 14.7. The van der Waals surface area contributed by atoms with E-state index in [0.717, 1.165) is 22.4 Å². The molecule has 0 amide bonds. The molecule has 0 unspecified atom stereocenters. The first kappa shape index (κ1) is 26.1. The van der Waals surface area contributed by atoms with Gasteiger partial charge in [-0.05, 0) is 97.2 Å². The number of aryl methyl sites for hydroxylation is 2. The Hall–Kier alpha value is -5.60. The zero-order chi connectivity index (χ0) is 29.6. The molecule has 2 aromatic heterocycles. The number of fused-ring (bicyclic) bond motifs is 3. The molecule has 0 fully saturated rings. The molecule has 6 aromatic carbocycles. The molecule has 2 heterocycles. The number of hydrogen-bond acceptors (Lipinski definition) is 2. The molecule has 0 atom stereocenters. The van der Waals surface area contributed by atoms with Crippen molar-refractivity contribution in [1.29, 1.82) is 0 Å². The van der Waals surface area contributed by atoms with Gasteiger partial charge in [0.25, 0.3) is 0 Å². The third-order valence-electron chi connectivity index (χ3n) is 8.73. The van der Waals surface area contributed by atoms with Crippen molar-refractivity contribution in [2.75, 3.05) is 0 Å². The quantitative estimate of drug-likeness (QED) is 0.199. The predicted octanol–water partition coefficient (Wildman–Crippen LogP) is 11.2. The van der Waals surface area contributed by atoms with Gasteiger partial charge in [-0.3, -0.25) is 9.97 Å². The summed E-state index contributed by atoms with van der Waals surface area (Å²) in [6.07, 6.45) is 5.82. The van der Waals surface area contributed by atoms with Gasteiger partial charge in [-0.1, -0.05) is 115 Å². The highest BCUT2D eigenvalue weighted by Crippen LogP contribution is 2.46. The number of hydrogen-bond donors (Lipinski definition) is 0. The zero-order valence-corrected chi connectivity index (χ0v) is 24.8. The zero-order valence-electron chi connectivity index (χ0n) is 24.8. The number of pyridine rings is 2. The van der Waals surface area contributed by atoms with Gasteiger partial charge in [-0.2, -0.15) is 0 Å². The molecule has 0 aliphatic carbocycles. The number of rotatable bonds is 4. The summed E-state index contributed by atoms with van der Waals surface area (Å²) in [5.74, 6) is 0. The average Bonchev–Trinajstić information content (AvgIpc) is 3.07. The van der Waals surface area contributed by atoms with Crippen molar-refractivity contribution in [3.8, 4) is 44.5 Å². The second kappa shape index (κ2) is 10.6. The van der Waals surface area contributed by atoms with Crippen molar-refractivity contribution < 1.29 is 0 Å². The standard InChI is InChI=1S/C42H30N2/c1-27-23-32(25-43-24-27)29-17-19-30(20-18-29)41-36-11-5-7-13-38(36)42(39-14-8-6-12-37(39)41)40-22-21-33(31-16-15-28(2)44-26-31)34-9-3-4-10-35(34)40/h3-26H,1-2H3. The summed E-state index contributed by atoms with van der Waals surface area (Å²) < 4.78 is 0. The minimum absolute atomic E-state index is 1.02. The fourth-order valence-corrected chi connectivity index (χ4v) is 6.67. The van der Waals surface area contributed by atoms with Crippen LogP contribution in [0.3, 0.4) is 0 Å². The fourth-order valence-electron chi connectivity index (χ4n) is 6.67. The first-order valence-corrected chi connectivity index (χ1v) is 15.1. The molecule has 0 radical (unpaired) electrons. The van der Waals surface area contributed by atoms with Crippen molar-refractivity contribution in [2.24, 2.45) is 0 Å². The first-order chi connectivity index (χ1) is 21.7. The topological polar surface area (TPSA) is 25.8 Å². The maximum absolute atomic E-state index is 4.59. The van der Waals surface area contributed by atoms with Crippen molar-refractivity contribution >= 4 is 32.3 Å². The van der Waals surface area contributed by atoms with Crippen LogP contribution in [0.1, 0.15) is 11.3 Å². The molecule has 0 spiro atoms. The van der Waals surface area contributed by atoms with Crippen LogP contribution in [0.4, 0.5) is 0 Å². The minimum atomic E-state index is 1.02. The number of aromatic nitrogens is 2. The summed E-state index contributed by atoms with van der Waals surface area (Å²) in [5, 5.41) is 7.48. The molecular weight excluding hydrogens is 532 g/mol. The Morgan fingerprint density at radius 3 is 1.50 bits per heavy atom. The Kier molecular flexibility index (Phi) is 6.27. The van der Waals surface area contributed by atoms with Crippen LogP contribution in [0.2, 0.25) is 0 Å². The highest BCUT2D eigenvalue weighted by molar-refractivity contribution is 6.24. The third kappa shape index (κ3) is 4.35. The van der Waals surface area contributed by atoms with Gasteiger partial charge in [-0.15, -0.1) is 0 Å². The molecule has 0 aliphatic heterocycles. The van der Waals surface area contributed by atoms with Crippen molar-refractivity contribution in [1.82, 2.24) is 9.97 Å². The third-order valence-corrected chi connectivity index (χ3v) is 8.73. The van der Waals surface area contributed by atoms with Crippen LogP contribution in [-0.4, -0.2) is 9.97 Å². The Labute approximate surface area is 257 Å². The summed E-state index contributed by atoms with van der Waals surface area (Å²) in [7, 11) is 0. The van der Waals surface area contributed by atoms with E-state index in [1.165, 1.54) is 65.7 Å². The van der Waals surface area contributed by atoms with Crippen LogP contribution >= 0.6 is 0 Å². The van der Waals surface area contributed by atoms with E-state index in [1.807, 2.05) is 25.5 Å². The lowest BCUT2D eigenvalue weighted by Crippen LogP contribution is -1.93. The van der Waals surface area contributed by atoms with E-state index in [2.05, 4.69) is 144 Å². The predicted molar refractivity (Wildman–Crippen MR) is 186 cm³/mol. The van der Waals surface area contributed by atoms with Crippen LogP contribution in [0.15, 0.2) is 146 Å². The smallest absolute Gasteiger partial charge is 0.0373 e. The molecule has 0 aliphatic rings. The summed E-state index contributed by atoms with van der Waals surface area (Å²) in [6, 6.07) is 46.5. The minimum Gasteiger partial charge on any atom is -0.264 e. The molecule has 0 N–H and O–H groups in total. The van der Waals surface area contributed by atoms with E-state index in [4.69, 9.17) is 0 Å². The van der Waals surface area contributed by atoms with Gasteiger partial charge in [0.2, 0.25) is 0 Å². The second-order valence-corrected chi connectivity index (χ2v) is 11.6. The van der Waals surface area contributed by atoms with Gasteiger partial charge in [-0.25, -0.2) is 0 Å². The first-order valence-electron chi connectivity index (χ1n) is 15.1. The fraction of sp³-hybridized carbons (Fsp3) is 0.0476. The Bertz CT molecular complexity index is 2270. The van der Waals surface area contributed by atoms with E-state index in [1.54, 1.807) is 0 Å². The van der Waals surface area contributed by atoms with Crippen molar-refractivity contribution in [3.05, 3.63) is 157 Å². The molecule has 208 valence electrons.